The molecule has 2 N–H and O–H groups in total. The lowest BCUT2D eigenvalue weighted by Gasteiger charge is -2.14. The highest BCUT2D eigenvalue weighted by atomic mass is 16.5. The van der Waals surface area contributed by atoms with Crippen molar-refractivity contribution < 1.29 is 4.74 Å². The van der Waals surface area contributed by atoms with E-state index in [2.05, 4.69) is 26.0 Å². The number of rotatable bonds is 6. The lowest BCUT2D eigenvalue weighted by Crippen LogP contribution is -2.33. The molecule has 0 aliphatic heterocycles. The number of nitrogens with two attached hydrogens (primary N) is 1. The largest absolute Gasteiger partial charge is 0.494 e. The molecular formula is C15H22N2O. The highest BCUT2D eigenvalue weighted by Gasteiger charge is 2.15. The average Bonchev–Trinajstić information content (AvgIpc) is 2.27. The van der Waals surface area contributed by atoms with E-state index in [-0.39, 0.29) is 0 Å². The Morgan fingerprint density at radius 2 is 1.83 bits per heavy atom. The molecule has 3 heteroatoms. The van der Waals surface area contributed by atoms with E-state index in [4.69, 9.17) is 15.7 Å². The molecule has 0 bridgehead atoms. The molecule has 0 fully saturated rings. The van der Waals surface area contributed by atoms with E-state index in [1.807, 2.05) is 12.1 Å². The van der Waals surface area contributed by atoms with Crippen LogP contribution in [0.4, 0.5) is 0 Å². The van der Waals surface area contributed by atoms with Crippen LogP contribution in [0.15, 0.2) is 18.2 Å². The third-order valence-electron chi connectivity index (χ3n) is 2.81. The number of unbranched alkanes of at least 4 members (excludes halogenated alkanes) is 1. The molecule has 18 heavy (non-hydrogen) atoms. The Kier molecular flexibility index (Phi) is 5.18. The van der Waals surface area contributed by atoms with Crippen LogP contribution in [0.25, 0.3) is 0 Å². The monoisotopic (exact) mass is 246 g/mol. The molecule has 0 saturated heterocycles. The SMILES string of the molecule is Cc1cc(C)cc(OCCCCC(C)(N)C#N)c1. The van der Waals surface area contributed by atoms with E-state index >= 15 is 0 Å². The van der Waals surface area contributed by atoms with Crippen LogP contribution in [0.5, 0.6) is 5.75 Å². The fourth-order valence-electron chi connectivity index (χ4n) is 1.86. The smallest absolute Gasteiger partial charge is 0.119 e. The van der Waals surface area contributed by atoms with Gasteiger partial charge in [0.2, 0.25) is 0 Å². The van der Waals surface area contributed by atoms with Gasteiger partial charge in [0.25, 0.3) is 0 Å². The number of nitrogens with zero attached hydrogens (tertiary/aromatic N) is 1. The molecule has 0 aromatic heterocycles. The maximum Gasteiger partial charge on any atom is 0.119 e. The Hall–Kier alpha value is -1.53. The van der Waals surface area contributed by atoms with Crippen LogP contribution < -0.4 is 10.5 Å². The summed E-state index contributed by atoms with van der Waals surface area (Å²) in [4.78, 5) is 0. The van der Waals surface area contributed by atoms with Crippen molar-refractivity contribution in [1.82, 2.24) is 0 Å². The molecule has 1 rings (SSSR count). The van der Waals surface area contributed by atoms with E-state index in [1.165, 1.54) is 11.1 Å². The first kappa shape index (κ1) is 14.5. The van der Waals surface area contributed by atoms with Gasteiger partial charge in [-0.15, -0.1) is 0 Å². The maximum absolute atomic E-state index is 8.78. The predicted octanol–water partition coefficient (Wildman–Crippen LogP) is 3.09. The van der Waals surface area contributed by atoms with Gasteiger partial charge < -0.3 is 10.5 Å². The lowest BCUT2D eigenvalue weighted by molar-refractivity contribution is 0.300. The molecule has 98 valence electrons. The summed E-state index contributed by atoms with van der Waals surface area (Å²) in [5.74, 6) is 0.920. The summed E-state index contributed by atoms with van der Waals surface area (Å²) in [6, 6.07) is 8.30. The standard InChI is InChI=1S/C15H22N2O/c1-12-8-13(2)10-14(9-12)18-7-5-4-6-15(3,17)11-16/h8-10H,4-7,17H2,1-3H3. The van der Waals surface area contributed by atoms with E-state index < -0.39 is 5.54 Å². The third-order valence-corrected chi connectivity index (χ3v) is 2.81. The lowest BCUT2D eigenvalue weighted by atomic mass is 9.98. The second-order valence-corrected chi connectivity index (χ2v) is 5.16. The van der Waals surface area contributed by atoms with Gasteiger partial charge in [-0.25, -0.2) is 0 Å². The Morgan fingerprint density at radius 1 is 1.22 bits per heavy atom. The van der Waals surface area contributed by atoms with Crippen LogP contribution in [0.2, 0.25) is 0 Å². The Bertz CT molecular complexity index is 412. The molecule has 3 nitrogen and oxygen atoms in total. The Morgan fingerprint density at radius 3 is 2.39 bits per heavy atom. The molecule has 0 spiro atoms. The van der Waals surface area contributed by atoms with Crippen molar-refractivity contribution in [2.24, 2.45) is 5.73 Å². The first-order valence-electron chi connectivity index (χ1n) is 6.34. The summed E-state index contributed by atoms with van der Waals surface area (Å²) in [7, 11) is 0. The van der Waals surface area contributed by atoms with Crippen molar-refractivity contribution in [3.05, 3.63) is 29.3 Å². The van der Waals surface area contributed by atoms with Crippen LogP contribution in [0.3, 0.4) is 0 Å². The van der Waals surface area contributed by atoms with Crippen molar-refractivity contribution in [1.29, 1.82) is 5.26 Å². The van der Waals surface area contributed by atoms with Crippen molar-refractivity contribution >= 4 is 0 Å². The van der Waals surface area contributed by atoms with E-state index in [0.29, 0.717) is 13.0 Å². The normalized spacial score (nSPS) is 13.7. The molecule has 1 unspecified atom stereocenters. The molecule has 0 aliphatic carbocycles. The van der Waals surface area contributed by atoms with E-state index in [1.54, 1.807) is 6.92 Å². The topological polar surface area (TPSA) is 59.0 Å². The van der Waals surface area contributed by atoms with Gasteiger partial charge in [0.1, 0.15) is 11.3 Å². The van der Waals surface area contributed by atoms with Gasteiger partial charge in [0.05, 0.1) is 12.7 Å². The zero-order chi connectivity index (χ0) is 13.6. The van der Waals surface area contributed by atoms with Gasteiger partial charge in [-0.05, 0) is 63.3 Å². The molecule has 1 aromatic carbocycles. The molecule has 0 heterocycles. The minimum absolute atomic E-state index is 0.671. The van der Waals surface area contributed by atoms with Gasteiger partial charge in [-0.2, -0.15) is 5.26 Å². The average molecular weight is 246 g/mol. The highest BCUT2D eigenvalue weighted by Crippen LogP contribution is 2.17. The minimum atomic E-state index is -0.708. The predicted molar refractivity (Wildman–Crippen MR) is 73.5 cm³/mol. The van der Waals surface area contributed by atoms with Crippen LogP contribution in [-0.4, -0.2) is 12.1 Å². The number of ether oxygens (including phenoxy) is 1. The number of aryl methyl sites for hydroxylation is 2. The molecule has 1 atom stereocenters. The Balaban J connectivity index is 2.28. The first-order chi connectivity index (χ1) is 8.43. The molecular weight excluding hydrogens is 224 g/mol. The highest BCUT2D eigenvalue weighted by molar-refractivity contribution is 5.32. The van der Waals surface area contributed by atoms with Crippen molar-refractivity contribution in [3.8, 4) is 11.8 Å². The van der Waals surface area contributed by atoms with Gasteiger partial charge in [0, 0.05) is 0 Å². The van der Waals surface area contributed by atoms with Gasteiger partial charge in [-0.3, -0.25) is 0 Å². The summed E-state index contributed by atoms with van der Waals surface area (Å²) >= 11 is 0. The van der Waals surface area contributed by atoms with E-state index in [0.717, 1.165) is 18.6 Å². The molecule has 0 aliphatic rings. The third kappa shape index (κ3) is 5.20. The van der Waals surface area contributed by atoms with Crippen molar-refractivity contribution in [3.63, 3.8) is 0 Å². The second kappa shape index (κ2) is 6.42. The molecule has 0 saturated carbocycles. The van der Waals surface area contributed by atoms with Gasteiger partial charge >= 0.3 is 0 Å². The molecule has 0 radical (unpaired) electrons. The van der Waals surface area contributed by atoms with Crippen molar-refractivity contribution in [2.45, 2.75) is 45.6 Å². The van der Waals surface area contributed by atoms with Gasteiger partial charge in [-0.1, -0.05) is 6.07 Å². The van der Waals surface area contributed by atoms with Crippen LogP contribution in [0, 0.1) is 25.2 Å². The summed E-state index contributed by atoms with van der Waals surface area (Å²) < 4.78 is 5.69. The quantitative estimate of drug-likeness (QED) is 0.785. The zero-order valence-electron chi connectivity index (χ0n) is 11.5. The summed E-state index contributed by atoms with van der Waals surface area (Å²) in [6.07, 6.45) is 2.53. The molecule has 1 aromatic rings. The number of nitriles is 1. The number of benzene rings is 1. The molecule has 0 amide bonds. The van der Waals surface area contributed by atoms with Crippen LogP contribution in [-0.2, 0) is 0 Å². The summed E-state index contributed by atoms with van der Waals surface area (Å²) in [5.41, 5.74) is 7.46. The number of hydrogen-bond donors (Lipinski definition) is 1. The minimum Gasteiger partial charge on any atom is -0.494 e. The summed E-state index contributed by atoms with van der Waals surface area (Å²) in [5, 5.41) is 8.78. The van der Waals surface area contributed by atoms with Crippen LogP contribution >= 0.6 is 0 Å². The van der Waals surface area contributed by atoms with E-state index in [9.17, 15) is 0 Å². The second-order valence-electron chi connectivity index (χ2n) is 5.16. The maximum atomic E-state index is 8.78. The number of hydrogen-bond acceptors (Lipinski definition) is 3. The fourth-order valence-corrected chi connectivity index (χ4v) is 1.86. The first-order valence-corrected chi connectivity index (χ1v) is 6.34. The van der Waals surface area contributed by atoms with Gasteiger partial charge in [0.15, 0.2) is 0 Å². The van der Waals surface area contributed by atoms with Crippen LogP contribution in [0.1, 0.15) is 37.3 Å². The zero-order valence-corrected chi connectivity index (χ0v) is 11.5. The summed E-state index contributed by atoms with van der Waals surface area (Å²) in [6.45, 7) is 6.56. The van der Waals surface area contributed by atoms with Crippen molar-refractivity contribution in [2.75, 3.05) is 6.61 Å². The fraction of sp³-hybridized carbons (Fsp3) is 0.533. The Labute approximate surface area is 110 Å².